The fourth-order valence-corrected chi connectivity index (χ4v) is 4.97. The zero-order valence-corrected chi connectivity index (χ0v) is 21.2. The molecule has 1 saturated heterocycles. The Morgan fingerprint density at radius 1 is 1.24 bits per heavy atom. The number of carboxylic acids is 1. The molecule has 1 atom stereocenters. The van der Waals surface area contributed by atoms with Gasteiger partial charge in [-0.25, -0.2) is 9.78 Å². The van der Waals surface area contributed by atoms with Crippen molar-refractivity contribution in [3.05, 3.63) is 91.3 Å². The molecule has 1 aliphatic heterocycles. The molecule has 0 bridgehead atoms. The molecule has 5 rings (SSSR count). The predicted octanol–water partition coefficient (Wildman–Crippen LogP) is 5.78. The van der Waals surface area contributed by atoms with Crippen molar-refractivity contribution >= 4 is 51.6 Å². The number of nitrogens with zero attached hydrogens (tertiary/aromatic N) is 7. The van der Waals surface area contributed by atoms with E-state index in [1.807, 2.05) is 0 Å². The van der Waals surface area contributed by atoms with Crippen LogP contribution in [0.25, 0.3) is 27.0 Å². The molecule has 1 N–H and O–H groups in total. The lowest BCUT2D eigenvalue weighted by molar-refractivity contribution is 0.0695. The highest BCUT2D eigenvalue weighted by Gasteiger charge is 2.28. The van der Waals surface area contributed by atoms with Crippen LogP contribution in [0.4, 0.5) is 11.5 Å². The lowest BCUT2D eigenvalue weighted by Crippen LogP contribution is -2.34. The van der Waals surface area contributed by atoms with E-state index in [1.54, 1.807) is 35.0 Å². The Bertz CT molecular complexity index is 1650. The number of carboxylic acid groups (broad SMARTS) is 1. The molecular weight excluding hydrogens is 533 g/mol. The van der Waals surface area contributed by atoms with Crippen LogP contribution >= 0.6 is 23.2 Å². The van der Waals surface area contributed by atoms with E-state index in [1.165, 1.54) is 24.5 Å². The highest BCUT2D eigenvalue weighted by molar-refractivity contribution is 6.34. The van der Waals surface area contributed by atoms with E-state index in [4.69, 9.17) is 33.5 Å². The Balaban J connectivity index is 1.59. The first-order valence-corrected chi connectivity index (χ1v) is 12.3. The zero-order chi connectivity index (χ0) is 26.8. The highest BCUT2D eigenvalue weighted by atomic mass is 35.5. The summed E-state index contributed by atoms with van der Waals surface area (Å²) < 4.78 is 7.45. The molecule has 4 aromatic rings. The second-order valence-electron chi connectivity index (χ2n) is 8.52. The molecule has 192 valence electrons. The molecule has 1 fully saturated rings. The minimum absolute atomic E-state index is 0.0359. The van der Waals surface area contributed by atoms with E-state index in [0.717, 1.165) is 12.8 Å². The summed E-state index contributed by atoms with van der Waals surface area (Å²) in [7, 11) is 0. The number of hydrogen-bond donors (Lipinski definition) is 1. The molecule has 38 heavy (non-hydrogen) atoms. The van der Waals surface area contributed by atoms with Gasteiger partial charge in [0.05, 0.1) is 34.2 Å². The Morgan fingerprint density at radius 2 is 2.08 bits per heavy atom. The molecule has 11 nitrogen and oxygen atoms in total. The summed E-state index contributed by atoms with van der Waals surface area (Å²) in [5.74, 6) is -0.872. The molecule has 13 heteroatoms. The molecule has 3 aromatic heterocycles. The number of aromatic carboxylic acids is 1. The minimum atomic E-state index is -1.37. The van der Waals surface area contributed by atoms with Crippen molar-refractivity contribution in [1.29, 1.82) is 0 Å². The van der Waals surface area contributed by atoms with Gasteiger partial charge in [0.15, 0.2) is 0 Å². The summed E-state index contributed by atoms with van der Waals surface area (Å²) in [6, 6.07) is 9.75. The highest BCUT2D eigenvalue weighted by Crippen LogP contribution is 2.36. The van der Waals surface area contributed by atoms with E-state index >= 15 is 0 Å². The van der Waals surface area contributed by atoms with Crippen LogP contribution in [-0.4, -0.2) is 44.8 Å². The minimum Gasteiger partial charge on any atom is -0.477 e. The number of pyridine rings is 3. The molecular formula is C25H19Cl2N7O4. The first kappa shape index (κ1) is 25.3. The SMILES string of the molecule is [N-]=[N+]=Nc1ccc(-n2cc(C(=O)O)c(=O)c3cc(Cl)c(N4CCC[C@@H]4COc4ncccc4Cl)cc32)cn1. The number of ether oxygens (including phenoxy) is 1. The number of fused-ring (bicyclic) bond motifs is 1. The summed E-state index contributed by atoms with van der Waals surface area (Å²) in [5.41, 5.74) is 9.16. The third kappa shape index (κ3) is 4.82. The Morgan fingerprint density at radius 3 is 2.79 bits per heavy atom. The fourth-order valence-electron chi connectivity index (χ4n) is 4.52. The van der Waals surface area contributed by atoms with Gasteiger partial charge in [0.2, 0.25) is 11.3 Å². The van der Waals surface area contributed by atoms with Gasteiger partial charge in [0.1, 0.15) is 23.0 Å². The van der Waals surface area contributed by atoms with E-state index in [-0.39, 0.29) is 17.2 Å². The van der Waals surface area contributed by atoms with Crippen molar-refractivity contribution in [1.82, 2.24) is 14.5 Å². The number of halogens is 2. The van der Waals surface area contributed by atoms with E-state index in [0.29, 0.717) is 46.0 Å². The number of carbonyl (C=O) groups is 1. The van der Waals surface area contributed by atoms with Crippen LogP contribution in [0, 0.1) is 0 Å². The Kier molecular flexibility index (Phi) is 7.06. The van der Waals surface area contributed by atoms with Crippen LogP contribution in [-0.2, 0) is 0 Å². The predicted molar refractivity (Wildman–Crippen MR) is 143 cm³/mol. The third-order valence-electron chi connectivity index (χ3n) is 6.28. The normalized spacial score (nSPS) is 14.9. The van der Waals surface area contributed by atoms with Gasteiger partial charge in [0.25, 0.3) is 0 Å². The average Bonchev–Trinajstić information content (AvgIpc) is 3.37. The van der Waals surface area contributed by atoms with Crippen LogP contribution in [0.1, 0.15) is 23.2 Å². The van der Waals surface area contributed by atoms with Crippen LogP contribution in [0.15, 0.2) is 64.9 Å². The van der Waals surface area contributed by atoms with Crippen molar-refractivity contribution in [3.8, 4) is 11.6 Å². The second kappa shape index (κ2) is 10.6. The van der Waals surface area contributed by atoms with Crippen LogP contribution in [0.2, 0.25) is 10.0 Å². The number of anilines is 1. The van der Waals surface area contributed by atoms with E-state index in [2.05, 4.69) is 24.9 Å². The van der Waals surface area contributed by atoms with Crippen LogP contribution < -0.4 is 15.1 Å². The van der Waals surface area contributed by atoms with E-state index in [9.17, 15) is 14.7 Å². The van der Waals surface area contributed by atoms with E-state index < -0.39 is 17.0 Å². The maximum atomic E-state index is 13.1. The largest absolute Gasteiger partial charge is 0.477 e. The van der Waals surface area contributed by atoms with Gasteiger partial charge in [-0.3, -0.25) is 9.78 Å². The number of rotatable bonds is 7. The van der Waals surface area contributed by atoms with Gasteiger partial charge >= 0.3 is 5.97 Å². The molecule has 1 aliphatic rings. The van der Waals surface area contributed by atoms with Gasteiger partial charge in [0, 0.05) is 29.2 Å². The van der Waals surface area contributed by atoms with Crippen molar-refractivity contribution in [2.45, 2.75) is 18.9 Å². The van der Waals surface area contributed by atoms with Gasteiger partial charge < -0.3 is 19.3 Å². The van der Waals surface area contributed by atoms with Crippen molar-refractivity contribution in [2.75, 3.05) is 18.1 Å². The summed E-state index contributed by atoms with van der Waals surface area (Å²) in [6.45, 7) is 1.02. The van der Waals surface area contributed by atoms with Gasteiger partial charge in [-0.15, -0.1) is 0 Å². The molecule has 0 aliphatic carbocycles. The molecule has 0 unspecified atom stereocenters. The molecule has 0 radical (unpaired) electrons. The first-order valence-electron chi connectivity index (χ1n) is 11.5. The Hall–Kier alpha value is -4.31. The summed E-state index contributed by atoms with van der Waals surface area (Å²) in [5, 5.41) is 14.0. The Labute approximate surface area is 225 Å². The number of benzene rings is 1. The summed E-state index contributed by atoms with van der Waals surface area (Å²) >= 11 is 12.9. The van der Waals surface area contributed by atoms with Crippen molar-refractivity contribution in [2.24, 2.45) is 5.11 Å². The maximum absolute atomic E-state index is 13.1. The quantitative estimate of drug-likeness (QED) is 0.174. The number of hydrogen-bond acceptors (Lipinski definition) is 7. The summed E-state index contributed by atoms with van der Waals surface area (Å²) in [4.78, 5) is 38.0. The molecule has 0 saturated carbocycles. The smallest absolute Gasteiger partial charge is 0.341 e. The van der Waals surface area contributed by atoms with Crippen LogP contribution in [0.5, 0.6) is 5.88 Å². The van der Waals surface area contributed by atoms with Crippen molar-refractivity contribution in [3.63, 3.8) is 0 Å². The second-order valence-corrected chi connectivity index (χ2v) is 9.34. The zero-order valence-electron chi connectivity index (χ0n) is 19.7. The number of azide groups is 1. The van der Waals surface area contributed by atoms with Crippen LogP contribution in [0.3, 0.4) is 0 Å². The monoisotopic (exact) mass is 551 g/mol. The topological polar surface area (TPSA) is 146 Å². The van der Waals surface area contributed by atoms with Crippen molar-refractivity contribution < 1.29 is 14.6 Å². The molecule has 1 aromatic carbocycles. The van der Waals surface area contributed by atoms with Gasteiger partial charge in [-0.1, -0.05) is 23.2 Å². The fraction of sp³-hybridized carbons (Fsp3) is 0.200. The van der Waals surface area contributed by atoms with Gasteiger partial charge in [-0.2, -0.15) is 0 Å². The maximum Gasteiger partial charge on any atom is 0.341 e. The molecule has 4 heterocycles. The number of aromatic nitrogens is 3. The van der Waals surface area contributed by atoms with Gasteiger partial charge in [-0.05, 0) is 59.9 Å². The lowest BCUT2D eigenvalue weighted by atomic mass is 10.1. The average molecular weight is 552 g/mol. The standard InChI is InChI=1S/C25H19Cl2N7O4/c26-18-4-1-7-29-24(18)38-13-15-3-2-8-33(15)21-10-20-16(9-19(21)27)23(35)17(25(36)37)12-34(20)14-5-6-22(30-11-14)31-32-28/h1,4-7,9-12,15H,2-3,8,13H2,(H,36,37)/t15-/m1/s1. The molecule has 0 spiro atoms. The summed E-state index contributed by atoms with van der Waals surface area (Å²) in [6.07, 6.45) is 6.02. The molecule has 0 amide bonds. The third-order valence-corrected chi connectivity index (χ3v) is 6.87. The first-order chi connectivity index (χ1) is 18.4. The lowest BCUT2D eigenvalue weighted by Gasteiger charge is -2.28.